The molecular weight excluding hydrogens is 1980 g/mol. The lowest BCUT2D eigenvalue weighted by Gasteiger charge is -2.43. The monoisotopic (exact) mass is 2170 g/mol. The van der Waals surface area contributed by atoms with E-state index in [4.69, 9.17) is 80.5 Å². The van der Waals surface area contributed by atoms with Gasteiger partial charge in [0.05, 0.1) is 142 Å². The van der Waals surface area contributed by atoms with Crippen molar-refractivity contribution in [2.75, 3.05) is 333 Å². The van der Waals surface area contributed by atoms with Gasteiger partial charge >= 0.3 is 19.5 Å². The molecule has 0 aromatic rings. The van der Waals surface area contributed by atoms with Crippen molar-refractivity contribution < 1.29 is 145 Å². The average molecular weight is 2170 g/mol. The molecule has 0 bridgehead atoms. The van der Waals surface area contributed by atoms with Crippen molar-refractivity contribution in [2.45, 2.75) is 222 Å². The van der Waals surface area contributed by atoms with Crippen molar-refractivity contribution in [1.82, 2.24) is 69.0 Å². The van der Waals surface area contributed by atoms with E-state index in [-0.39, 0.29) is 116 Å². The highest BCUT2D eigenvalue weighted by Crippen LogP contribution is 2.35. The van der Waals surface area contributed by atoms with Gasteiger partial charge in [0.2, 0.25) is 0 Å². The maximum atomic E-state index is 11.0. The van der Waals surface area contributed by atoms with E-state index in [2.05, 4.69) is 65.7 Å². The van der Waals surface area contributed by atoms with Gasteiger partial charge in [-0.05, 0) is 237 Å². The van der Waals surface area contributed by atoms with Gasteiger partial charge in [-0.1, -0.05) is 0 Å². The average Bonchev–Trinajstić information content (AvgIpc) is 0.827. The van der Waals surface area contributed by atoms with E-state index < -0.39 is 80.2 Å². The first-order valence-corrected chi connectivity index (χ1v) is 60.5. The van der Waals surface area contributed by atoms with Crippen LogP contribution in [0.3, 0.4) is 0 Å². The van der Waals surface area contributed by atoms with Gasteiger partial charge < -0.3 is 87.9 Å². The molecule has 4 aliphatic heterocycles. The van der Waals surface area contributed by atoms with E-state index in [1.165, 1.54) is 0 Å². The Bertz CT molecular complexity index is 3880. The molecule has 53 heteroatoms. The van der Waals surface area contributed by atoms with Crippen LogP contribution in [-0.4, -0.2) is 573 Å². The molecule has 140 heavy (non-hydrogen) atoms. The summed E-state index contributed by atoms with van der Waals surface area (Å²) in [5, 5.41) is 20.5. The summed E-state index contributed by atoms with van der Waals surface area (Å²) in [5.41, 5.74) is 0. The zero-order valence-electron chi connectivity index (χ0n) is 88.5. The van der Waals surface area contributed by atoms with Crippen molar-refractivity contribution in [3.8, 4) is 0 Å². The van der Waals surface area contributed by atoms with Crippen LogP contribution >= 0.6 is 7.60 Å². The predicted molar refractivity (Wildman–Crippen MR) is 550 cm³/mol. The Morgan fingerprint density at radius 1 is 0.321 bits per heavy atom. The maximum absolute atomic E-state index is 11.0. The van der Waals surface area contributed by atoms with E-state index >= 15 is 0 Å². The second-order valence-electron chi connectivity index (χ2n) is 38.0. The van der Waals surface area contributed by atoms with Gasteiger partial charge in [-0.2, -0.15) is 50.5 Å². The van der Waals surface area contributed by atoms with Crippen LogP contribution in [0.4, 0.5) is 0 Å². The molecule has 4 saturated heterocycles. The van der Waals surface area contributed by atoms with Crippen LogP contribution in [0.1, 0.15) is 155 Å². The Morgan fingerprint density at radius 2 is 0.557 bits per heavy atom. The van der Waals surface area contributed by atoms with Crippen LogP contribution in [0.25, 0.3) is 0 Å². The quantitative estimate of drug-likeness (QED) is 0.0308. The zero-order valence-corrected chi connectivity index (χ0v) is 94.3. The Balaban J connectivity index is -0.00000157. The number of carboxylic acid groups (broad SMARTS) is 2. The molecule has 842 valence electrons. The zero-order chi connectivity index (χ0) is 108. The summed E-state index contributed by atoms with van der Waals surface area (Å²) in [6.07, 6.45) is 8.49. The summed E-state index contributed by atoms with van der Waals surface area (Å²) < 4.78 is 232. The molecule has 0 spiro atoms. The lowest BCUT2D eigenvalue weighted by Crippen LogP contribution is -2.59. The fourth-order valence-electron chi connectivity index (χ4n) is 14.4. The fraction of sp³-hybridized carbons (Fsp3) is 0.977. The number of carbonyl (C=O) groups is 2. The van der Waals surface area contributed by atoms with Gasteiger partial charge in [0.15, 0.2) is 0 Å². The van der Waals surface area contributed by atoms with E-state index in [0.29, 0.717) is 168 Å². The molecule has 0 aromatic carbocycles. The third-order valence-corrected chi connectivity index (χ3v) is 27.6. The Morgan fingerprint density at radius 3 is 0.814 bits per heavy atom. The summed E-state index contributed by atoms with van der Waals surface area (Å²) in [5.74, 6) is -3.28. The topological polar surface area (TPSA) is 577 Å². The largest absolute Gasteiger partial charge is 0.481 e. The first-order valence-electron chi connectivity index (χ1n) is 49.0. The second-order valence-corrected chi connectivity index (χ2v) is 49.2. The number of ether oxygens (including phenoxy) is 7. The molecule has 11 N–H and O–H groups in total. The Labute approximate surface area is 843 Å². The summed E-state index contributed by atoms with van der Waals surface area (Å²) in [6.45, 7) is 51.7. The van der Waals surface area contributed by atoms with Crippen molar-refractivity contribution in [2.24, 2.45) is 0 Å². The third-order valence-electron chi connectivity index (χ3n) is 22.6. The summed E-state index contributed by atoms with van der Waals surface area (Å²) in [7, 11) is -13.8. The van der Waals surface area contributed by atoms with Crippen molar-refractivity contribution >= 4 is 80.2 Å². The molecule has 0 unspecified atom stereocenters. The van der Waals surface area contributed by atoms with Crippen LogP contribution in [-0.2, 0) is 108 Å². The molecule has 4 aliphatic rings. The van der Waals surface area contributed by atoms with Crippen LogP contribution in [0.2, 0.25) is 0 Å². The lowest BCUT2D eigenvalue weighted by atomic mass is 10.0. The molecule has 4 rings (SSSR count). The number of likely N-dealkylation sites (N-methyl/N-ethyl adjacent to an activating group) is 4. The number of piperidine rings is 3. The van der Waals surface area contributed by atoms with Gasteiger partial charge in [0, 0.05) is 175 Å². The van der Waals surface area contributed by atoms with Crippen molar-refractivity contribution in [1.29, 1.82) is 0 Å². The molecule has 0 radical (unpaired) electrons. The normalized spacial score (nSPS) is 16.1. The van der Waals surface area contributed by atoms with E-state index in [9.17, 15) is 64.7 Å². The number of aliphatic carboxylic acids is 2. The molecule has 0 aromatic heterocycles. The van der Waals surface area contributed by atoms with Crippen LogP contribution < -0.4 is 5.32 Å². The van der Waals surface area contributed by atoms with Gasteiger partial charge in [0.25, 0.3) is 60.7 Å². The van der Waals surface area contributed by atoms with E-state index in [0.717, 1.165) is 124 Å². The smallest absolute Gasteiger partial charge is 0.325 e. The first-order chi connectivity index (χ1) is 64.7. The second kappa shape index (κ2) is 78.8. The highest BCUT2D eigenvalue weighted by molar-refractivity contribution is 7.87. The van der Waals surface area contributed by atoms with Crippen molar-refractivity contribution in [3.63, 3.8) is 0 Å². The van der Waals surface area contributed by atoms with Gasteiger partial charge in [-0.15, -0.1) is 0 Å². The number of nitrogens with zero attached hydrogens (tertiary/aromatic N) is 13. The molecule has 46 nitrogen and oxygen atoms in total. The third kappa shape index (κ3) is 95.4. The molecule has 4 heterocycles. The van der Waals surface area contributed by atoms with Gasteiger partial charge in [-0.3, -0.25) is 75.8 Å². The number of rotatable bonds is 69. The fourth-order valence-corrected chi connectivity index (χ4v) is 17.9. The Kier molecular flexibility index (Phi) is 79.9. The highest BCUT2D eigenvalue weighted by Gasteiger charge is 2.32. The maximum Gasteiger partial charge on any atom is 0.325 e. The minimum atomic E-state index is -4.04. The summed E-state index contributed by atoms with van der Waals surface area (Å²) in [4.78, 5) is 66.5. The first kappa shape index (κ1) is 142. The number of carboxylic acids is 2. The SMILES string of the molecule is CC(C)OCCN(CCC(=O)O)C1CCN(C)CC1.CC(C)OCCN(CCCP(=O)(O)O)C1CCN(C)CC1.CC(C)OCCN(CCN(C)CCC(=O)O)CCS(=O)(=O)O.CC(C)OCCN(CCN(C)CCS(=O)(=O)O)CCS(=O)(=O)O.CC(C)OCCN(CCS(=O)(=O)O)C1CCN(C)CC1.CC(C)OCCN(CCS(=O)(=O)O)C1CN(C)C1.CNCCN(CCOC(C)C)CCS(=O)(=O)O. The number of likely N-dealkylation sites (tertiary alicyclic amines) is 4. The number of hydrogen-bond donors (Lipinski definition) is 11. The van der Waals surface area contributed by atoms with Crippen LogP contribution in [0, 0.1) is 0 Å². The molecule has 0 aliphatic carbocycles. The van der Waals surface area contributed by atoms with Crippen LogP contribution in [0.15, 0.2) is 0 Å². The van der Waals surface area contributed by atoms with Gasteiger partial charge in [-0.25, -0.2) is 0 Å². The van der Waals surface area contributed by atoms with Crippen LogP contribution in [0.5, 0.6) is 0 Å². The van der Waals surface area contributed by atoms with Crippen molar-refractivity contribution in [3.05, 3.63) is 0 Å². The lowest BCUT2D eigenvalue weighted by molar-refractivity contribution is -0.138. The minimum absolute atomic E-state index is 0.0266. The standard InChI is InChI=1S/C14H31N2O4P.C14H28N2O3.C13H28N2O6S.C13H28N2O4S.C12H28N2O7S2.C11H24N2O4S.C10H24N2O4S/c1-13(2)20-11-10-16(7-4-12-21(17,18)19)14-5-8-15(3)9-6-14;1-12(2)19-11-10-16(9-6-14(17)18)13-4-7-15(3)8-5-13;1-12(2)21-10-8-15(9-11-22(18,19)20)7-6-14(3)5-4-13(16)17;1-12(2)19-10-8-15(9-11-20(16,17)18)13-4-6-14(3)7-5-13;1-12(2)21-9-6-14(8-11-23(18,19)20)5-4-13(3)7-10-22(15,16)17;1-10(2)17-6-4-13(5-7-18(14,15)16)11-8-12(3)9-11;1-10(2)16-8-6-12(5-4-11-3)7-9-17(13,14)15/h13-14H,4-12H2,1-3H3,(H2,17,18,19);12-13H,4-11H2,1-3H3,(H,17,18);12H,4-11H2,1-3H3,(H,16,17)(H,18,19,20);12-13H,4-11H2,1-3H3,(H,16,17,18);12H,4-11H2,1-3H3,(H,15,16,17)(H,18,19,20);10-11H,4-9H2,1-3H3,(H,14,15,16);10-11H,4-9H2,1-3H3,(H,13,14,15). The van der Waals surface area contributed by atoms with Gasteiger partial charge in [0.1, 0.15) is 0 Å². The predicted octanol–water partition coefficient (Wildman–Crippen LogP) is 2.52. The van der Waals surface area contributed by atoms with E-state index in [1.807, 2.05) is 138 Å². The van der Waals surface area contributed by atoms with E-state index in [1.54, 1.807) is 11.9 Å². The summed E-state index contributed by atoms with van der Waals surface area (Å²) in [6, 6.07) is 1.76. The Hall–Kier alpha value is -2.29. The molecule has 0 atom stereocenters. The molecular formula is C87H191N14O32PS6. The molecule has 4 fully saturated rings. The highest BCUT2D eigenvalue weighted by atomic mass is 32.2. The summed E-state index contributed by atoms with van der Waals surface area (Å²) >= 11 is 0. The molecule has 0 amide bonds. The molecule has 0 saturated carbocycles. The number of nitrogens with one attached hydrogen (secondary N) is 1. The number of hydrogen-bond acceptors (Lipinski definition) is 36. The minimum Gasteiger partial charge on any atom is -0.481 e.